The number of carbonyl (C=O) groups is 1. The first-order valence-electron chi connectivity index (χ1n) is 6.71. The van der Waals surface area contributed by atoms with Crippen molar-refractivity contribution in [3.63, 3.8) is 0 Å². The average molecular weight is 272 g/mol. The second-order valence-electron chi connectivity index (χ2n) is 4.82. The Hall–Kier alpha value is -2.30. The van der Waals surface area contributed by atoms with Crippen molar-refractivity contribution in [3.05, 3.63) is 47.3 Å². The number of anilines is 1. The molecule has 0 fully saturated rings. The summed E-state index contributed by atoms with van der Waals surface area (Å²) in [6.45, 7) is 2.58. The van der Waals surface area contributed by atoms with E-state index in [-0.39, 0.29) is 5.91 Å². The average Bonchev–Trinajstić information content (AvgIpc) is 2.79. The first-order valence-corrected chi connectivity index (χ1v) is 6.71. The van der Waals surface area contributed by atoms with E-state index in [0.29, 0.717) is 18.7 Å². The summed E-state index contributed by atoms with van der Waals surface area (Å²) in [7, 11) is 1.89. The van der Waals surface area contributed by atoms with Gasteiger partial charge in [-0.05, 0) is 24.1 Å². The highest BCUT2D eigenvalue weighted by Gasteiger charge is 2.08. The van der Waals surface area contributed by atoms with Crippen molar-refractivity contribution >= 4 is 11.6 Å². The minimum absolute atomic E-state index is 0.000627. The number of aryl methyl sites for hydroxylation is 2. The zero-order valence-electron chi connectivity index (χ0n) is 11.9. The van der Waals surface area contributed by atoms with Gasteiger partial charge in [0.15, 0.2) is 0 Å². The van der Waals surface area contributed by atoms with Gasteiger partial charge in [0, 0.05) is 31.0 Å². The highest BCUT2D eigenvalue weighted by molar-refractivity contribution is 5.78. The molecule has 1 aromatic heterocycles. The molecule has 0 saturated carbocycles. The molecule has 1 aromatic carbocycles. The molecule has 0 radical (unpaired) electrons. The van der Waals surface area contributed by atoms with Crippen LogP contribution in [0.1, 0.15) is 23.7 Å². The molecule has 0 unspecified atom stereocenters. The first kappa shape index (κ1) is 14.1. The lowest BCUT2D eigenvalue weighted by molar-refractivity contribution is -0.120. The second kappa shape index (κ2) is 6.23. The summed E-state index contributed by atoms with van der Waals surface area (Å²) in [6.07, 6.45) is 3.17. The first-order chi connectivity index (χ1) is 9.58. The molecule has 1 heterocycles. The zero-order valence-corrected chi connectivity index (χ0v) is 11.9. The summed E-state index contributed by atoms with van der Waals surface area (Å²) >= 11 is 0. The van der Waals surface area contributed by atoms with Gasteiger partial charge in [0.1, 0.15) is 0 Å². The van der Waals surface area contributed by atoms with E-state index in [1.54, 1.807) is 16.8 Å². The maximum Gasteiger partial charge on any atom is 0.224 e. The molecule has 2 aromatic rings. The fraction of sp³-hybridized carbons (Fsp3) is 0.333. The fourth-order valence-corrected chi connectivity index (χ4v) is 2.11. The predicted molar refractivity (Wildman–Crippen MR) is 79.0 cm³/mol. The lowest BCUT2D eigenvalue weighted by Crippen LogP contribution is -2.24. The quantitative estimate of drug-likeness (QED) is 0.809. The molecule has 3 N–H and O–H groups in total. The summed E-state index contributed by atoms with van der Waals surface area (Å²) in [5.74, 6) is 0.000627. The number of carbonyl (C=O) groups excluding carboxylic acids is 1. The number of hydrogen-bond donors (Lipinski definition) is 2. The Morgan fingerprint density at radius 3 is 2.70 bits per heavy atom. The van der Waals surface area contributed by atoms with Gasteiger partial charge in [-0.3, -0.25) is 9.48 Å². The molecule has 0 spiro atoms. The number of nitrogens with two attached hydrogens (primary N) is 1. The van der Waals surface area contributed by atoms with Crippen molar-refractivity contribution in [2.45, 2.75) is 26.3 Å². The number of aromatic nitrogens is 2. The van der Waals surface area contributed by atoms with Crippen LogP contribution in [0.2, 0.25) is 0 Å². The Labute approximate surface area is 118 Å². The minimum Gasteiger partial charge on any atom is -0.399 e. The standard InChI is InChI=1S/C15H20N4O/c1-3-14-12(10-19(2)18-14)9-17-15(20)8-11-4-6-13(16)7-5-11/h4-7,10H,3,8-9,16H2,1-2H3,(H,17,20). The third kappa shape index (κ3) is 3.60. The van der Waals surface area contributed by atoms with Gasteiger partial charge in [0.25, 0.3) is 0 Å². The van der Waals surface area contributed by atoms with Crippen molar-refractivity contribution in [1.82, 2.24) is 15.1 Å². The van der Waals surface area contributed by atoms with Gasteiger partial charge in [-0.2, -0.15) is 5.10 Å². The van der Waals surface area contributed by atoms with Crippen LogP contribution in [0.3, 0.4) is 0 Å². The van der Waals surface area contributed by atoms with Gasteiger partial charge in [0.2, 0.25) is 5.91 Å². The van der Waals surface area contributed by atoms with E-state index in [4.69, 9.17) is 5.73 Å². The summed E-state index contributed by atoms with van der Waals surface area (Å²) in [5.41, 5.74) is 9.38. The minimum atomic E-state index is 0.000627. The van der Waals surface area contributed by atoms with E-state index in [0.717, 1.165) is 23.2 Å². The van der Waals surface area contributed by atoms with E-state index in [1.165, 1.54) is 0 Å². The van der Waals surface area contributed by atoms with Gasteiger partial charge in [-0.15, -0.1) is 0 Å². The SMILES string of the molecule is CCc1nn(C)cc1CNC(=O)Cc1ccc(N)cc1. The molecule has 1 amide bonds. The summed E-state index contributed by atoms with van der Waals surface area (Å²) in [6, 6.07) is 7.35. The maximum atomic E-state index is 11.9. The predicted octanol–water partition coefficient (Wildman–Crippen LogP) is 1.42. The lowest BCUT2D eigenvalue weighted by atomic mass is 10.1. The number of hydrogen-bond acceptors (Lipinski definition) is 3. The smallest absolute Gasteiger partial charge is 0.224 e. The Balaban J connectivity index is 1.90. The number of nitrogens with zero attached hydrogens (tertiary/aromatic N) is 2. The van der Waals surface area contributed by atoms with Gasteiger partial charge >= 0.3 is 0 Å². The normalized spacial score (nSPS) is 10.5. The summed E-state index contributed by atoms with van der Waals surface area (Å²) in [4.78, 5) is 11.9. The van der Waals surface area contributed by atoms with Crippen LogP contribution in [-0.2, 0) is 31.2 Å². The van der Waals surface area contributed by atoms with Crippen molar-refractivity contribution < 1.29 is 4.79 Å². The Bertz CT molecular complexity index is 586. The van der Waals surface area contributed by atoms with Crippen molar-refractivity contribution in [2.75, 3.05) is 5.73 Å². The Morgan fingerprint density at radius 1 is 1.35 bits per heavy atom. The monoisotopic (exact) mass is 272 g/mol. The van der Waals surface area contributed by atoms with Crippen LogP contribution in [-0.4, -0.2) is 15.7 Å². The Kier molecular flexibility index (Phi) is 4.40. The lowest BCUT2D eigenvalue weighted by Gasteiger charge is -2.05. The molecule has 2 rings (SSSR count). The molecule has 5 heteroatoms. The van der Waals surface area contributed by atoms with Crippen LogP contribution in [0.25, 0.3) is 0 Å². The van der Waals surface area contributed by atoms with Gasteiger partial charge < -0.3 is 11.1 Å². The van der Waals surface area contributed by atoms with Crippen LogP contribution in [0, 0.1) is 0 Å². The fourth-order valence-electron chi connectivity index (χ4n) is 2.11. The molecule has 106 valence electrons. The zero-order chi connectivity index (χ0) is 14.5. The molecular formula is C15H20N4O. The summed E-state index contributed by atoms with van der Waals surface area (Å²) < 4.78 is 1.78. The number of benzene rings is 1. The van der Waals surface area contributed by atoms with Crippen LogP contribution in [0.15, 0.2) is 30.5 Å². The van der Waals surface area contributed by atoms with Crippen molar-refractivity contribution in [1.29, 1.82) is 0 Å². The third-order valence-corrected chi connectivity index (χ3v) is 3.15. The molecule has 5 nitrogen and oxygen atoms in total. The molecule has 0 bridgehead atoms. The number of rotatable bonds is 5. The van der Waals surface area contributed by atoms with Crippen molar-refractivity contribution in [3.8, 4) is 0 Å². The molecular weight excluding hydrogens is 252 g/mol. The molecule has 0 aliphatic heterocycles. The van der Waals surface area contributed by atoms with Gasteiger partial charge in [-0.25, -0.2) is 0 Å². The molecule has 0 aliphatic rings. The summed E-state index contributed by atoms with van der Waals surface area (Å²) in [5, 5.41) is 7.28. The van der Waals surface area contributed by atoms with Crippen LogP contribution < -0.4 is 11.1 Å². The number of amides is 1. The van der Waals surface area contributed by atoms with Crippen LogP contribution in [0.4, 0.5) is 5.69 Å². The van der Waals surface area contributed by atoms with Crippen LogP contribution >= 0.6 is 0 Å². The largest absolute Gasteiger partial charge is 0.399 e. The van der Waals surface area contributed by atoms with Gasteiger partial charge in [-0.1, -0.05) is 19.1 Å². The Morgan fingerprint density at radius 2 is 2.05 bits per heavy atom. The molecule has 0 saturated heterocycles. The maximum absolute atomic E-state index is 11.9. The van der Waals surface area contributed by atoms with Gasteiger partial charge in [0.05, 0.1) is 12.1 Å². The van der Waals surface area contributed by atoms with E-state index in [1.807, 2.05) is 25.4 Å². The third-order valence-electron chi connectivity index (χ3n) is 3.15. The van der Waals surface area contributed by atoms with E-state index >= 15 is 0 Å². The van der Waals surface area contributed by atoms with E-state index in [9.17, 15) is 4.79 Å². The molecule has 0 aliphatic carbocycles. The van der Waals surface area contributed by atoms with Crippen molar-refractivity contribution in [2.24, 2.45) is 7.05 Å². The highest BCUT2D eigenvalue weighted by Crippen LogP contribution is 2.08. The van der Waals surface area contributed by atoms with Crippen LogP contribution in [0.5, 0.6) is 0 Å². The second-order valence-corrected chi connectivity index (χ2v) is 4.82. The van der Waals surface area contributed by atoms with E-state index in [2.05, 4.69) is 17.3 Å². The topological polar surface area (TPSA) is 72.9 Å². The molecule has 0 atom stereocenters. The van der Waals surface area contributed by atoms with E-state index < -0.39 is 0 Å². The highest BCUT2D eigenvalue weighted by atomic mass is 16.1. The number of nitrogens with one attached hydrogen (secondary N) is 1. The molecule has 20 heavy (non-hydrogen) atoms. The number of nitrogen functional groups attached to an aromatic ring is 1.